The number of halogens is 2. The van der Waals surface area contributed by atoms with Crippen molar-refractivity contribution in [2.75, 3.05) is 12.9 Å². The molecule has 0 atom stereocenters. The topological polar surface area (TPSA) is 76.7 Å². The van der Waals surface area contributed by atoms with Crippen molar-refractivity contribution in [3.05, 3.63) is 59.7 Å². The van der Waals surface area contributed by atoms with Crippen LogP contribution in [0.5, 0.6) is 11.5 Å². The van der Waals surface area contributed by atoms with Crippen LogP contribution in [0.3, 0.4) is 0 Å². The highest BCUT2D eigenvalue weighted by molar-refractivity contribution is 8.00. The van der Waals surface area contributed by atoms with Gasteiger partial charge < -0.3 is 9.47 Å². The molecule has 0 radical (unpaired) electrons. The van der Waals surface area contributed by atoms with E-state index in [0.29, 0.717) is 5.56 Å². The van der Waals surface area contributed by atoms with E-state index in [1.807, 2.05) is 31.2 Å². The summed E-state index contributed by atoms with van der Waals surface area (Å²) in [6.45, 7) is -0.991. The molecule has 0 heterocycles. The molecule has 0 saturated heterocycles. The van der Waals surface area contributed by atoms with E-state index in [9.17, 15) is 18.4 Å². The minimum atomic E-state index is -2.97. The van der Waals surface area contributed by atoms with Crippen LogP contribution in [0.25, 0.3) is 6.08 Å². The number of carbonyl (C=O) groups excluding carboxylic acids is 2. The third kappa shape index (κ3) is 7.82. The maximum Gasteiger partial charge on any atom is 0.387 e. The first-order valence-electron chi connectivity index (χ1n) is 8.46. The number of rotatable bonds is 8. The number of amides is 2. The molecule has 2 N–H and O–H groups in total. The number of hydrogen-bond donors (Lipinski definition) is 2. The first-order chi connectivity index (χ1) is 13.9. The zero-order chi connectivity index (χ0) is 21.2. The molecule has 9 heteroatoms. The van der Waals surface area contributed by atoms with Gasteiger partial charge in [-0.05, 0) is 42.8 Å². The molecule has 0 bridgehead atoms. The fourth-order valence-corrected chi connectivity index (χ4v) is 2.84. The molecule has 0 aliphatic carbocycles. The van der Waals surface area contributed by atoms with Crippen molar-refractivity contribution in [3.63, 3.8) is 0 Å². The Balaban J connectivity index is 1.81. The Labute approximate surface area is 171 Å². The van der Waals surface area contributed by atoms with E-state index < -0.39 is 12.5 Å². The van der Waals surface area contributed by atoms with Crippen LogP contribution in [0.1, 0.15) is 11.1 Å². The molecule has 6 nitrogen and oxygen atoms in total. The number of aryl methyl sites for hydroxylation is 1. The highest BCUT2D eigenvalue weighted by Crippen LogP contribution is 2.29. The molecule has 0 aromatic heterocycles. The first kappa shape index (κ1) is 22.2. The predicted octanol–water partition coefficient (Wildman–Crippen LogP) is 3.56. The van der Waals surface area contributed by atoms with Crippen molar-refractivity contribution in [2.45, 2.75) is 18.4 Å². The molecule has 0 saturated carbocycles. The number of methoxy groups -OCH3 is 1. The molecule has 0 fully saturated rings. The van der Waals surface area contributed by atoms with Crippen LogP contribution in [-0.4, -0.2) is 31.3 Å². The zero-order valence-electron chi connectivity index (χ0n) is 15.8. The predicted molar refractivity (Wildman–Crippen MR) is 107 cm³/mol. The standard InChI is InChI=1S/C20H20F2N2O4S/c1-13-3-7-15(8-4-13)29-12-19(26)24-23-18(25)10-6-14-5-9-16(28-20(21)22)17(11-14)27-2/h3-11,20H,12H2,1-2H3,(H,23,25)(H,24,26)/b10-6+. The van der Waals surface area contributed by atoms with Gasteiger partial charge in [0.15, 0.2) is 11.5 Å². The average molecular weight is 422 g/mol. The summed E-state index contributed by atoms with van der Waals surface area (Å²) in [5.74, 6) is -0.759. The molecular weight excluding hydrogens is 402 g/mol. The van der Waals surface area contributed by atoms with Gasteiger partial charge in [0, 0.05) is 11.0 Å². The zero-order valence-corrected chi connectivity index (χ0v) is 16.6. The molecule has 0 aliphatic heterocycles. The molecule has 154 valence electrons. The van der Waals surface area contributed by atoms with Gasteiger partial charge >= 0.3 is 6.61 Å². The number of benzene rings is 2. The summed E-state index contributed by atoms with van der Waals surface area (Å²) in [5, 5.41) is 0. The maximum absolute atomic E-state index is 12.3. The van der Waals surface area contributed by atoms with Gasteiger partial charge in [0.2, 0.25) is 5.91 Å². The van der Waals surface area contributed by atoms with Gasteiger partial charge in [-0.25, -0.2) is 0 Å². The molecule has 2 aromatic rings. The van der Waals surface area contributed by atoms with Gasteiger partial charge in [-0.2, -0.15) is 8.78 Å². The molecule has 2 rings (SSSR count). The van der Waals surface area contributed by atoms with Gasteiger partial charge in [0.1, 0.15) is 0 Å². The van der Waals surface area contributed by atoms with E-state index in [4.69, 9.17) is 4.74 Å². The summed E-state index contributed by atoms with van der Waals surface area (Å²) in [6.07, 6.45) is 2.63. The first-order valence-corrected chi connectivity index (χ1v) is 9.45. The lowest BCUT2D eigenvalue weighted by atomic mass is 10.2. The van der Waals surface area contributed by atoms with Crippen LogP contribution >= 0.6 is 11.8 Å². The van der Waals surface area contributed by atoms with Crippen LogP contribution in [0.15, 0.2) is 53.4 Å². The van der Waals surface area contributed by atoms with E-state index in [1.54, 1.807) is 0 Å². The third-order valence-corrected chi connectivity index (χ3v) is 4.56. The molecule has 2 amide bonds. The number of alkyl halides is 2. The smallest absolute Gasteiger partial charge is 0.387 e. The van der Waals surface area contributed by atoms with Crippen molar-refractivity contribution in [2.24, 2.45) is 0 Å². The lowest BCUT2D eigenvalue weighted by Gasteiger charge is -2.10. The van der Waals surface area contributed by atoms with Gasteiger partial charge in [-0.3, -0.25) is 20.4 Å². The third-order valence-electron chi connectivity index (χ3n) is 3.55. The van der Waals surface area contributed by atoms with Crippen molar-refractivity contribution in [1.29, 1.82) is 0 Å². The molecule has 2 aromatic carbocycles. The largest absolute Gasteiger partial charge is 0.493 e. The Hall–Kier alpha value is -3.07. The lowest BCUT2D eigenvalue weighted by Crippen LogP contribution is -2.41. The van der Waals surface area contributed by atoms with Crippen LogP contribution in [0, 0.1) is 6.92 Å². The lowest BCUT2D eigenvalue weighted by molar-refractivity contribution is -0.125. The van der Waals surface area contributed by atoms with E-state index in [-0.39, 0.29) is 23.2 Å². The summed E-state index contributed by atoms with van der Waals surface area (Å²) in [4.78, 5) is 24.6. The quantitative estimate of drug-likeness (QED) is 0.387. The van der Waals surface area contributed by atoms with E-state index in [2.05, 4.69) is 15.6 Å². The number of ether oxygens (including phenoxy) is 2. The summed E-state index contributed by atoms with van der Waals surface area (Å²) in [5.41, 5.74) is 6.24. The van der Waals surface area contributed by atoms with Crippen molar-refractivity contribution in [3.8, 4) is 11.5 Å². The van der Waals surface area contributed by atoms with Gasteiger partial charge in [0.25, 0.3) is 5.91 Å². The monoisotopic (exact) mass is 422 g/mol. The van der Waals surface area contributed by atoms with E-state index in [0.717, 1.165) is 10.5 Å². The summed E-state index contributed by atoms with van der Waals surface area (Å²) >= 11 is 1.35. The molecular formula is C20H20F2N2O4S. The van der Waals surface area contributed by atoms with Crippen molar-refractivity contribution < 1.29 is 27.8 Å². The fourth-order valence-electron chi connectivity index (χ4n) is 2.15. The van der Waals surface area contributed by atoms with Crippen LogP contribution in [0.4, 0.5) is 8.78 Å². The number of hydrogen-bond acceptors (Lipinski definition) is 5. The van der Waals surface area contributed by atoms with Crippen LogP contribution in [0.2, 0.25) is 0 Å². The molecule has 0 aliphatic rings. The second kappa shape index (κ2) is 11.1. The van der Waals surface area contributed by atoms with Gasteiger partial charge in [0.05, 0.1) is 12.9 Å². The SMILES string of the molecule is COc1cc(/C=C/C(=O)NNC(=O)CSc2ccc(C)cc2)ccc1OC(F)F. The minimum Gasteiger partial charge on any atom is -0.493 e. The molecule has 29 heavy (non-hydrogen) atoms. The highest BCUT2D eigenvalue weighted by Gasteiger charge is 2.10. The number of hydrazine groups is 1. The Kier molecular flexibility index (Phi) is 8.47. The van der Waals surface area contributed by atoms with Crippen LogP contribution < -0.4 is 20.3 Å². The number of nitrogens with one attached hydrogen (secondary N) is 2. The highest BCUT2D eigenvalue weighted by atomic mass is 32.2. The van der Waals surface area contributed by atoms with Crippen molar-refractivity contribution >= 4 is 29.7 Å². The number of carbonyl (C=O) groups is 2. The second-order valence-corrected chi connectivity index (χ2v) is 6.81. The van der Waals surface area contributed by atoms with Gasteiger partial charge in [-0.1, -0.05) is 23.8 Å². The minimum absolute atomic E-state index is 0.106. The Morgan fingerprint density at radius 3 is 2.48 bits per heavy atom. The van der Waals surface area contributed by atoms with Crippen molar-refractivity contribution in [1.82, 2.24) is 10.9 Å². The van der Waals surface area contributed by atoms with E-state index in [1.165, 1.54) is 49.2 Å². The Bertz CT molecular complexity index is 873. The summed E-state index contributed by atoms with van der Waals surface area (Å²) in [7, 11) is 1.32. The van der Waals surface area contributed by atoms with Gasteiger partial charge in [-0.15, -0.1) is 11.8 Å². The molecule has 0 spiro atoms. The van der Waals surface area contributed by atoms with E-state index >= 15 is 0 Å². The second-order valence-electron chi connectivity index (χ2n) is 5.76. The Morgan fingerprint density at radius 1 is 1.10 bits per heavy atom. The Morgan fingerprint density at radius 2 is 1.83 bits per heavy atom. The van der Waals surface area contributed by atoms with Crippen LogP contribution in [-0.2, 0) is 9.59 Å². The average Bonchev–Trinajstić information content (AvgIpc) is 2.70. The number of thioether (sulfide) groups is 1. The maximum atomic E-state index is 12.3. The normalized spacial score (nSPS) is 10.8. The summed E-state index contributed by atoms with van der Waals surface area (Å²) < 4.78 is 34.0. The molecule has 0 unspecified atom stereocenters. The fraction of sp³-hybridized carbons (Fsp3) is 0.200. The summed E-state index contributed by atoms with van der Waals surface area (Å²) in [6, 6.07) is 12.0.